The lowest BCUT2D eigenvalue weighted by atomic mass is 10.1. The van der Waals surface area contributed by atoms with Crippen molar-refractivity contribution < 1.29 is 0 Å². The highest BCUT2D eigenvalue weighted by molar-refractivity contribution is 5.80. The molecule has 0 aliphatic rings. The zero-order valence-electron chi connectivity index (χ0n) is 11.6. The Hall–Kier alpha value is -1.28. The Morgan fingerprint density at radius 1 is 1.11 bits per heavy atom. The van der Waals surface area contributed by atoms with Gasteiger partial charge in [-0.2, -0.15) is 0 Å². The van der Waals surface area contributed by atoms with Crippen LogP contribution >= 0.6 is 0 Å². The first kappa shape index (κ1) is 13.2. The Kier molecular flexibility index (Phi) is 4.82. The van der Waals surface area contributed by atoms with Crippen LogP contribution in [0.1, 0.15) is 38.2 Å². The molecule has 1 aromatic heterocycles. The summed E-state index contributed by atoms with van der Waals surface area (Å²) in [6, 6.07) is 8.97. The lowest BCUT2D eigenvalue weighted by Crippen LogP contribution is -2.05. The maximum absolute atomic E-state index is 3.21. The van der Waals surface area contributed by atoms with Crippen molar-refractivity contribution in [2.45, 2.75) is 45.7 Å². The van der Waals surface area contributed by atoms with Crippen LogP contribution in [0, 0.1) is 0 Å². The number of fused-ring (bicyclic) bond motifs is 1. The van der Waals surface area contributed by atoms with Gasteiger partial charge in [-0.1, -0.05) is 38.3 Å². The number of aryl methyl sites for hydroxylation is 1. The maximum Gasteiger partial charge on any atom is 0.0483 e. The number of nitrogens with one attached hydrogen (secondary N) is 1. The van der Waals surface area contributed by atoms with Crippen molar-refractivity contribution in [3.63, 3.8) is 0 Å². The number of hydrogen-bond donors (Lipinski definition) is 1. The van der Waals surface area contributed by atoms with Crippen LogP contribution in [0.4, 0.5) is 0 Å². The standard InChI is InChI=1S/C16H24N2/c1-3-4-5-6-10-18-11-9-15-8-7-14(13-17-2)12-16(15)18/h7-9,11-12,17H,3-6,10,13H2,1-2H3. The second-order valence-electron chi connectivity index (χ2n) is 4.99. The molecule has 1 heterocycles. The van der Waals surface area contributed by atoms with Crippen LogP contribution in [-0.2, 0) is 13.1 Å². The predicted octanol–water partition coefficient (Wildman–Crippen LogP) is 3.94. The summed E-state index contributed by atoms with van der Waals surface area (Å²) in [6.07, 6.45) is 7.50. The van der Waals surface area contributed by atoms with Crippen molar-refractivity contribution in [3.05, 3.63) is 36.0 Å². The third-order valence-corrected chi connectivity index (χ3v) is 3.47. The van der Waals surface area contributed by atoms with Crippen LogP contribution in [0.3, 0.4) is 0 Å². The third kappa shape index (κ3) is 3.14. The van der Waals surface area contributed by atoms with Gasteiger partial charge in [0.25, 0.3) is 0 Å². The summed E-state index contributed by atoms with van der Waals surface area (Å²) in [4.78, 5) is 0. The summed E-state index contributed by atoms with van der Waals surface area (Å²) in [7, 11) is 1.99. The monoisotopic (exact) mass is 244 g/mol. The normalized spacial score (nSPS) is 11.2. The number of nitrogens with zero attached hydrogens (tertiary/aromatic N) is 1. The molecule has 0 bridgehead atoms. The van der Waals surface area contributed by atoms with Crippen molar-refractivity contribution in [2.24, 2.45) is 0 Å². The molecule has 0 aliphatic carbocycles. The fraction of sp³-hybridized carbons (Fsp3) is 0.500. The van der Waals surface area contributed by atoms with Gasteiger partial charge in [-0.3, -0.25) is 0 Å². The summed E-state index contributed by atoms with van der Waals surface area (Å²) < 4.78 is 2.39. The minimum Gasteiger partial charge on any atom is -0.347 e. The topological polar surface area (TPSA) is 17.0 Å². The van der Waals surface area contributed by atoms with E-state index in [0.29, 0.717) is 0 Å². The van der Waals surface area contributed by atoms with E-state index in [1.165, 1.54) is 42.1 Å². The highest BCUT2D eigenvalue weighted by Crippen LogP contribution is 2.18. The molecular formula is C16H24N2. The minimum atomic E-state index is 0.941. The molecule has 0 atom stereocenters. The Morgan fingerprint density at radius 3 is 2.78 bits per heavy atom. The first-order chi connectivity index (χ1) is 8.85. The summed E-state index contributed by atoms with van der Waals surface area (Å²) in [6.45, 7) is 4.35. The van der Waals surface area contributed by atoms with Crippen molar-refractivity contribution in [2.75, 3.05) is 7.05 Å². The van der Waals surface area contributed by atoms with Crippen LogP contribution in [0.25, 0.3) is 10.9 Å². The molecule has 1 aromatic carbocycles. The van der Waals surface area contributed by atoms with E-state index in [4.69, 9.17) is 0 Å². The molecule has 18 heavy (non-hydrogen) atoms. The molecule has 98 valence electrons. The van der Waals surface area contributed by atoms with Gasteiger partial charge in [0.15, 0.2) is 0 Å². The number of unbranched alkanes of at least 4 members (excludes halogenated alkanes) is 3. The molecule has 0 saturated carbocycles. The molecule has 2 rings (SSSR count). The molecule has 2 nitrogen and oxygen atoms in total. The van der Waals surface area contributed by atoms with Crippen LogP contribution < -0.4 is 5.32 Å². The zero-order chi connectivity index (χ0) is 12.8. The zero-order valence-corrected chi connectivity index (χ0v) is 11.6. The Labute approximate surface area is 110 Å². The van der Waals surface area contributed by atoms with E-state index in [9.17, 15) is 0 Å². The number of hydrogen-bond acceptors (Lipinski definition) is 1. The maximum atomic E-state index is 3.21. The average molecular weight is 244 g/mol. The van der Waals surface area contributed by atoms with Gasteiger partial charge in [-0.25, -0.2) is 0 Å². The van der Waals surface area contributed by atoms with Crippen molar-refractivity contribution in [1.29, 1.82) is 0 Å². The second kappa shape index (κ2) is 6.60. The number of benzene rings is 1. The van der Waals surface area contributed by atoms with Crippen LogP contribution in [-0.4, -0.2) is 11.6 Å². The van der Waals surface area contributed by atoms with Gasteiger partial charge in [0.2, 0.25) is 0 Å². The van der Waals surface area contributed by atoms with Gasteiger partial charge in [0.1, 0.15) is 0 Å². The Morgan fingerprint density at radius 2 is 2.00 bits per heavy atom. The summed E-state index contributed by atoms with van der Waals surface area (Å²) >= 11 is 0. The smallest absolute Gasteiger partial charge is 0.0483 e. The van der Waals surface area contributed by atoms with Crippen molar-refractivity contribution in [3.8, 4) is 0 Å². The van der Waals surface area contributed by atoms with Crippen LogP contribution in [0.15, 0.2) is 30.5 Å². The molecule has 2 aromatic rings. The van der Waals surface area contributed by atoms with E-state index in [-0.39, 0.29) is 0 Å². The highest BCUT2D eigenvalue weighted by atomic mass is 14.9. The molecule has 0 radical (unpaired) electrons. The molecule has 0 fully saturated rings. The van der Waals surface area contributed by atoms with Gasteiger partial charge in [0.05, 0.1) is 0 Å². The second-order valence-corrected chi connectivity index (χ2v) is 4.99. The number of aromatic nitrogens is 1. The van der Waals surface area contributed by atoms with E-state index in [1.54, 1.807) is 0 Å². The third-order valence-electron chi connectivity index (χ3n) is 3.47. The lowest BCUT2D eigenvalue weighted by molar-refractivity contribution is 0.593. The van der Waals surface area contributed by atoms with E-state index in [2.05, 4.69) is 47.3 Å². The molecule has 0 aliphatic heterocycles. The first-order valence-electron chi connectivity index (χ1n) is 7.07. The molecule has 2 heteroatoms. The summed E-state index contributed by atoms with van der Waals surface area (Å²) in [5, 5.41) is 4.56. The predicted molar refractivity (Wildman–Crippen MR) is 78.8 cm³/mol. The molecule has 1 N–H and O–H groups in total. The van der Waals surface area contributed by atoms with E-state index >= 15 is 0 Å². The Balaban J connectivity index is 2.09. The molecule has 0 amide bonds. The fourth-order valence-electron chi connectivity index (χ4n) is 2.45. The SMILES string of the molecule is CCCCCCn1ccc2ccc(CNC)cc21. The lowest BCUT2D eigenvalue weighted by Gasteiger charge is -2.07. The van der Waals surface area contributed by atoms with Gasteiger partial charge in [-0.05, 0) is 36.6 Å². The number of rotatable bonds is 7. The largest absolute Gasteiger partial charge is 0.347 e. The van der Waals surface area contributed by atoms with Gasteiger partial charge >= 0.3 is 0 Å². The van der Waals surface area contributed by atoms with Crippen molar-refractivity contribution in [1.82, 2.24) is 9.88 Å². The molecular weight excluding hydrogens is 220 g/mol. The molecule has 0 unspecified atom stereocenters. The van der Waals surface area contributed by atoms with E-state index in [1.807, 2.05) is 7.05 Å². The minimum absolute atomic E-state index is 0.941. The fourth-order valence-corrected chi connectivity index (χ4v) is 2.45. The van der Waals surface area contributed by atoms with E-state index < -0.39 is 0 Å². The highest BCUT2D eigenvalue weighted by Gasteiger charge is 2.02. The first-order valence-corrected chi connectivity index (χ1v) is 7.07. The summed E-state index contributed by atoms with van der Waals surface area (Å²) in [5.41, 5.74) is 2.73. The van der Waals surface area contributed by atoms with E-state index in [0.717, 1.165) is 13.1 Å². The van der Waals surface area contributed by atoms with Crippen LogP contribution in [0.5, 0.6) is 0 Å². The Bertz CT molecular complexity index is 485. The van der Waals surface area contributed by atoms with Gasteiger partial charge in [-0.15, -0.1) is 0 Å². The van der Waals surface area contributed by atoms with Gasteiger partial charge < -0.3 is 9.88 Å². The quantitative estimate of drug-likeness (QED) is 0.730. The molecule has 0 saturated heterocycles. The summed E-state index contributed by atoms with van der Waals surface area (Å²) in [5.74, 6) is 0. The van der Waals surface area contributed by atoms with Crippen LogP contribution in [0.2, 0.25) is 0 Å². The van der Waals surface area contributed by atoms with Gasteiger partial charge in [0, 0.05) is 24.8 Å². The van der Waals surface area contributed by atoms with Crippen molar-refractivity contribution >= 4 is 10.9 Å². The molecule has 0 spiro atoms. The average Bonchev–Trinajstić information content (AvgIpc) is 2.78.